The molecule has 3 nitrogen and oxygen atoms in total. The van der Waals surface area contributed by atoms with E-state index in [4.69, 9.17) is 0 Å². The Morgan fingerprint density at radius 3 is 2.81 bits per heavy atom. The number of aromatic nitrogens is 1. The maximum Gasteiger partial charge on any atom is 0.140 e. The summed E-state index contributed by atoms with van der Waals surface area (Å²) in [7, 11) is 0. The first-order chi connectivity index (χ1) is 7.75. The first-order valence-electron chi connectivity index (χ1n) is 5.51. The molecule has 0 atom stereocenters. The fraction of sp³-hybridized carbons (Fsp3) is 0.545. The van der Waals surface area contributed by atoms with Gasteiger partial charge in [-0.15, -0.1) is 0 Å². The van der Waals surface area contributed by atoms with E-state index in [0.717, 1.165) is 40.3 Å². The second-order valence-electron chi connectivity index (χ2n) is 4.06. The molecule has 1 saturated heterocycles. The summed E-state index contributed by atoms with van der Waals surface area (Å²) < 4.78 is 2.00. The topological polar surface area (TPSA) is 37.0 Å². The third-order valence-electron chi connectivity index (χ3n) is 2.82. The molecule has 2 rings (SSSR count). The molecule has 1 aliphatic rings. The first-order valence-corrected chi connectivity index (χ1v) is 7.10. The summed E-state index contributed by atoms with van der Waals surface area (Å²) >= 11 is 6.90. The largest absolute Gasteiger partial charge is 0.369 e. The van der Waals surface area contributed by atoms with Crippen LogP contribution in [0.2, 0.25) is 0 Å². The molecule has 1 aliphatic heterocycles. The molecule has 5 heteroatoms. The summed E-state index contributed by atoms with van der Waals surface area (Å²) in [4.78, 5) is 4.34. The van der Waals surface area contributed by atoms with Gasteiger partial charge in [-0.3, -0.25) is 0 Å². The first kappa shape index (κ1) is 12.3. The Bertz CT molecular complexity index is 351. The highest BCUT2D eigenvalue weighted by atomic mass is 79.9. The van der Waals surface area contributed by atoms with E-state index in [-0.39, 0.29) is 0 Å². The van der Waals surface area contributed by atoms with E-state index in [9.17, 15) is 0 Å². The van der Waals surface area contributed by atoms with Gasteiger partial charge in [-0.25, -0.2) is 4.98 Å². The number of rotatable bonds is 3. The summed E-state index contributed by atoms with van der Waals surface area (Å²) in [6.45, 7) is 3.29. The van der Waals surface area contributed by atoms with E-state index in [1.807, 2.05) is 12.3 Å². The zero-order chi connectivity index (χ0) is 11.4. The van der Waals surface area contributed by atoms with Gasteiger partial charge in [-0.05, 0) is 69.8 Å². The molecule has 2 heterocycles. The lowest BCUT2D eigenvalue weighted by atomic mass is 9.98. The maximum absolute atomic E-state index is 4.34. The van der Waals surface area contributed by atoms with Crippen molar-refractivity contribution in [2.75, 3.05) is 25.0 Å². The minimum atomic E-state index is 0.763. The van der Waals surface area contributed by atoms with Crippen LogP contribution < -0.4 is 10.6 Å². The predicted molar refractivity (Wildman–Crippen MR) is 73.7 cm³/mol. The van der Waals surface area contributed by atoms with Crippen LogP contribution in [0.4, 0.5) is 5.82 Å². The maximum atomic E-state index is 4.34. The number of hydrogen-bond donors (Lipinski definition) is 2. The van der Waals surface area contributed by atoms with Gasteiger partial charge in [0.15, 0.2) is 0 Å². The quantitative estimate of drug-likeness (QED) is 0.881. The molecule has 16 heavy (non-hydrogen) atoms. The van der Waals surface area contributed by atoms with E-state index in [1.54, 1.807) is 0 Å². The third kappa shape index (κ3) is 3.43. The molecule has 0 radical (unpaired) electrons. The van der Waals surface area contributed by atoms with Gasteiger partial charge in [0.1, 0.15) is 5.82 Å². The molecule has 0 spiro atoms. The molecule has 0 aliphatic carbocycles. The van der Waals surface area contributed by atoms with Crippen LogP contribution >= 0.6 is 31.9 Å². The van der Waals surface area contributed by atoms with Crippen LogP contribution in [0.1, 0.15) is 12.8 Å². The number of pyridine rings is 1. The fourth-order valence-corrected chi connectivity index (χ4v) is 3.00. The van der Waals surface area contributed by atoms with Gasteiger partial charge in [0.2, 0.25) is 0 Å². The van der Waals surface area contributed by atoms with Crippen LogP contribution in [-0.2, 0) is 0 Å². The van der Waals surface area contributed by atoms with Crippen LogP contribution in [-0.4, -0.2) is 24.6 Å². The molecular weight excluding hydrogens is 334 g/mol. The molecule has 1 fully saturated rings. The highest BCUT2D eigenvalue weighted by Gasteiger charge is 2.13. The Balaban J connectivity index is 1.88. The Morgan fingerprint density at radius 2 is 2.12 bits per heavy atom. The van der Waals surface area contributed by atoms with Crippen molar-refractivity contribution in [3.63, 3.8) is 0 Å². The van der Waals surface area contributed by atoms with Crippen molar-refractivity contribution in [2.24, 2.45) is 5.92 Å². The Kier molecular flexibility index (Phi) is 4.61. The lowest BCUT2D eigenvalue weighted by molar-refractivity contribution is 0.389. The van der Waals surface area contributed by atoms with Gasteiger partial charge in [-0.2, -0.15) is 0 Å². The van der Waals surface area contributed by atoms with Crippen molar-refractivity contribution in [2.45, 2.75) is 12.8 Å². The molecule has 88 valence electrons. The lowest BCUT2D eigenvalue weighted by Gasteiger charge is -2.23. The van der Waals surface area contributed by atoms with Crippen molar-refractivity contribution in [1.29, 1.82) is 0 Å². The van der Waals surface area contributed by atoms with Crippen LogP contribution in [0.5, 0.6) is 0 Å². The van der Waals surface area contributed by atoms with E-state index < -0.39 is 0 Å². The summed E-state index contributed by atoms with van der Waals surface area (Å²) in [5.74, 6) is 1.69. The molecule has 0 amide bonds. The Hall–Kier alpha value is -0.130. The molecule has 0 aromatic carbocycles. The van der Waals surface area contributed by atoms with Crippen LogP contribution in [0.15, 0.2) is 21.2 Å². The standard InChI is InChI=1S/C11H15Br2N3/c12-9-5-10(13)11(16-7-9)15-6-8-1-3-14-4-2-8/h5,7-8,14H,1-4,6H2,(H,15,16). The van der Waals surface area contributed by atoms with Crippen molar-refractivity contribution in [1.82, 2.24) is 10.3 Å². The molecule has 0 unspecified atom stereocenters. The van der Waals surface area contributed by atoms with Crippen LogP contribution in [0, 0.1) is 5.92 Å². The smallest absolute Gasteiger partial charge is 0.140 e. The van der Waals surface area contributed by atoms with Gasteiger partial charge in [0, 0.05) is 17.2 Å². The van der Waals surface area contributed by atoms with Gasteiger partial charge in [-0.1, -0.05) is 0 Å². The number of hydrogen-bond acceptors (Lipinski definition) is 3. The molecule has 2 N–H and O–H groups in total. The van der Waals surface area contributed by atoms with Crippen molar-refractivity contribution in [3.8, 4) is 0 Å². The van der Waals surface area contributed by atoms with E-state index in [1.165, 1.54) is 12.8 Å². The summed E-state index contributed by atoms with van der Waals surface area (Å²) in [6, 6.07) is 2.01. The summed E-state index contributed by atoms with van der Waals surface area (Å²) in [5, 5.41) is 6.78. The van der Waals surface area contributed by atoms with E-state index in [2.05, 4.69) is 47.5 Å². The van der Waals surface area contributed by atoms with Gasteiger partial charge in [0.05, 0.1) is 4.47 Å². The molecule has 1 aromatic heterocycles. The van der Waals surface area contributed by atoms with Crippen molar-refractivity contribution < 1.29 is 0 Å². The average Bonchev–Trinajstić information content (AvgIpc) is 2.29. The fourth-order valence-electron chi connectivity index (χ4n) is 1.87. The minimum Gasteiger partial charge on any atom is -0.369 e. The highest BCUT2D eigenvalue weighted by Crippen LogP contribution is 2.24. The van der Waals surface area contributed by atoms with Gasteiger partial charge in [0.25, 0.3) is 0 Å². The number of piperidine rings is 1. The second-order valence-corrected chi connectivity index (χ2v) is 5.83. The minimum absolute atomic E-state index is 0.763. The Morgan fingerprint density at radius 1 is 1.38 bits per heavy atom. The van der Waals surface area contributed by atoms with Crippen LogP contribution in [0.3, 0.4) is 0 Å². The van der Waals surface area contributed by atoms with Gasteiger partial charge >= 0.3 is 0 Å². The van der Waals surface area contributed by atoms with E-state index in [0.29, 0.717) is 0 Å². The van der Waals surface area contributed by atoms with Crippen molar-refractivity contribution >= 4 is 37.7 Å². The predicted octanol–water partition coefficient (Wildman–Crippen LogP) is 3.02. The SMILES string of the molecule is Brc1cnc(NCC2CCNCC2)c(Br)c1. The van der Waals surface area contributed by atoms with Crippen molar-refractivity contribution in [3.05, 3.63) is 21.2 Å². The Labute approximate surface area is 113 Å². The summed E-state index contributed by atoms with van der Waals surface area (Å²) in [5.41, 5.74) is 0. The average molecular weight is 349 g/mol. The molecule has 0 saturated carbocycles. The number of halogens is 2. The third-order valence-corrected chi connectivity index (χ3v) is 3.86. The number of nitrogens with one attached hydrogen (secondary N) is 2. The molecule has 0 bridgehead atoms. The molecular formula is C11H15Br2N3. The van der Waals surface area contributed by atoms with E-state index >= 15 is 0 Å². The normalized spacial score (nSPS) is 17.4. The van der Waals surface area contributed by atoms with Crippen LogP contribution in [0.25, 0.3) is 0 Å². The van der Waals surface area contributed by atoms with Gasteiger partial charge < -0.3 is 10.6 Å². The zero-order valence-electron chi connectivity index (χ0n) is 8.97. The summed E-state index contributed by atoms with van der Waals surface area (Å²) in [6.07, 6.45) is 4.32. The number of nitrogens with zero attached hydrogens (tertiary/aromatic N) is 1. The highest BCUT2D eigenvalue weighted by molar-refractivity contribution is 9.11. The number of anilines is 1. The molecule has 1 aromatic rings. The second kappa shape index (κ2) is 5.98. The monoisotopic (exact) mass is 347 g/mol. The lowest BCUT2D eigenvalue weighted by Crippen LogP contribution is -2.31. The zero-order valence-corrected chi connectivity index (χ0v) is 12.1.